The van der Waals surface area contributed by atoms with Gasteiger partial charge in [-0.3, -0.25) is 9.59 Å². The van der Waals surface area contributed by atoms with E-state index in [4.69, 9.17) is 9.84 Å². The quantitative estimate of drug-likeness (QED) is 0.578. The summed E-state index contributed by atoms with van der Waals surface area (Å²) in [6.45, 7) is 4.85. The van der Waals surface area contributed by atoms with Crippen LogP contribution in [0.1, 0.15) is 26.7 Å². The molecule has 0 aliphatic rings. The Hall–Kier alpha value is -0.750. The Kier molecular flexibility index (Phi) is 9.95. The second kappa shape index (κ2) is 10.4. The number of thioether (sulfide) groups is 1. The summed E-state index contributed by atoms with van der Waals surface area (Å²) in [5.74, 6) is -0.312. The molecule has 0 aliphatic heterocycles. The van der Waals surface area contributed by atoms with Crippen LogP contribution in [0.5, 0.6) is 0 Å². The Morgan fingerprint density at radius 3 is 2.76 bits per heavy atom. The fourth-order valence-corrected chi connectivity index (χ4v) is 1.60. The second-order valence-corrected chi connectivity index (χ2v) is 4.71. The van der Waals surface area contributed by atoms with Gasteiger partial charge >= 0.3 is 5.97 Å². The lowest BCUT2D eigenvalue weighted by molar-refractivity contribution is -0.134. The van der Waals surface area contributed by atoms with Gasteiger partial charge in [-0.15, -0.1) is 11.8 Å². The summed E-state index contributed by atoms with van der Waals surface area (Å²) in [5.41, 5.74) is 0. The maximum atomic E-state index is 11.5. The highest BCUT2D eigenvalue weighted by atomic mass is 32.2. The van der Waals surface area contributed by atoms with E-state index in [9.17, 15) is 9.59 Å². The number of ether oxygens (including phenoxy) is 1. The normalized spacial score (nSPS) is 12.1. The lowest BCUT2D eigenvalue weighted by Gasteiger charge is -2.12. The summed E-state index contributed by atoms with van der Waals surface area (Å²) in [4.78, 5) is 21.7. The third-order valence-electron chi connectivity index (χ3n) is 2.01. The number of carboxylic acids is 1. The number of amides is 1. The minimum absolute atomic E-state index is 0.0679. The number of aliphatic carboxylic acids is 1. The number of hydrogen-bond acceptors (Lipinski definition) is 4. The molecule has 0 fully saturated rings. The van der Waals surface area contributed by atoms with E-state index in [1.54, 1.807) is 6.92 Å². The molecule has 17 heavy (non-hydrogen) atoms. The van der Waals surface area contributed by atoms with Crippen LogP contribution in [0.15, 0.2) is 0 Å². The van der Waals surface area contributed by atoms with E-state index >= 15 is 0 Å². The van der Waals surface area contributed by atoms with Gasteiger partial charge in [0.05, 0.1) is 5.75 Å². The van der Waals surface area contributed by atoms with Crippen LogP contribution in [0.2, 0.25) is 0 Å². The van der Waals surface area contributed by atoms with Crippen molar-refractivity contribution in [1.29, 1.82) is 0 Å². The number of carboxylic acid groups (broad SMARTS) is 1. The zero-order valence-electron chi connectivity index (χ0n) is 10.4. The zero-order chi connectivity index (χ0) is 13.1. The van der Waals surface area contributed by atoms with Crippen molar-refractivity contribution in [2.24, 2.45) is 0 Å². The van der Waals surface area contributed by atoms with E-state index in [0.29, 0.717) is 18.9 Å². The first-order chi connectivity index (χ1) is 8.07. The molecule has 0 aromatic rings. The van der Waals surface area contributed by atoms with Crippen molar-refractivity contribution in [3.63, 3.8) is 0 Å². The van der Waals surface area contributed by atoms with Gasteiger partial charge < -0.3 is 15.2 Å². The Morgan fingerprint density at radius 1 is 1.47 bits per heavy atom. The molecular formula is C11H21NO4S. The highest BCUT2D eigenvalue weighted by Gasteiger charge is 2.11. The number of rotatable bonds is 10. The molecule has 0 radical (unpaired) electrons. The molecule has 1 amide bonds. The highest BCUT2D eigenvalue weighted by molar-refractivity contribution is 7.99. The fourth-order valence-electron chi connectivity index (χ4n) is 1.03. The van der Waals surface area contributed by atoms with E-state index in [1.807, 2.05) is 0 Å². The molecule has 0 rings (SSSR count). The van der Waals surface area contributed by atoms with Gasteiger partial charge in [-0.2, -0.15) is 0 Å². The molecule has 6 heteroatoms. The Bertz CT molecular complexity index is 236. The van der Waals surface area contributed by atoms with Crippen LogP contribution in [-0.4, -0.2) is 47.7 Å². The number of carbonyl (C=O) groups is 2. The van der Waals surface area contributed by atoms with E-state index in [1.165, 1.54) is 11.8 Å². The number of nitrogens with one attached hydrogen (secondary N) is 1. The summed E-state index contributed by atoms with van der Waals surface area (Å²) in [5, 5.41) is 11.1. The molecule has 100 valence electrons. The van der Waals surface area contributed by atoms with Crippen LogP contribution in [0, 0.1) is 0 Å². The first-order valence-corrected chi connectivity index (χ1v) is 6.92. The Balaban J connectivity index is 3.47. The summed E-state index contributed by atoms with van der Waals surface area (Å²) >= 11 is 1.28. The van der Waals surface area contributed by atoms with E-state index < -0.39 is 12.1 Å². The maximum absolute atomic E-state index is 11.5. The van der Waals surface area contributed by atoms with Crippen molar-refractivity contribution in [2.45, 2.75) is 32.8 Å². The Labute approximate surface area is 106 Å². The van der Waals surface area contributed by atoms with Crippen LogP contribution >= 0.6 is 11.8 Å². The second-order valence-electron chi connectivity index (χ2n) is 3.60. The monoisotopic (exact) mass is 263 g/mol. The molecule has 0 saturated carbocycles. The average Bonchev–Trinajstić information content (AvgIpc) is 2.28. The summed E-state index contributed by atoms with van der Waals surface area (Å²) in [7, 11) is 0. The van der Waals surface area contributed by atoms with Crippen molar-refractivity contribution in [2.75, 3.05) is 24.7 Å². The Morgan fingerprint density at radius 2 is 2.18 bits per heavy atom. The van der Waals surface area contributed by atoms with E-state index in [0.717, 1.165) is 12.8 Å². The smallest absolute Gasteiger partial charge is 0.313 e. The maximum Gasteiger partial charge on any atom is 0.313 e. The van der Waals surface area contributed by atoms with Gasteiger partial charge in [-0.1, -0.05) is 13.3 Å². The van der Waals surface area contributed by atoms with E-state index in [-0.39, 0.29) is 11.7 Å². The van der Waals surface area contributed by atoms with Gasteiger partial charge in [0.1, 0.15) is 6.10 Å². The lowest BCUT2D eigenvalue weighted by Crippen LogP contribution is -2.36. The fraction of sp³-hybridized carbons (Fsp3) is 0.818. The summed E-state index contributed by atoms with van der Waals surface area (Å²) in [6, 6.07) is 0. The van der Waals surface area contributed by atoms with E-state index in [2.05, 4.69) is 12.2 Å². The molecule has 0 spiro atoms. The van der Waals surface area contributed by atoms with Gasteiger partial charge in [-0.05, 0) is 13.3 Å². The minimum Gasteiger partial charge on any atom is -0.481 e. The minimum atomic E-state index is -0.836. The third-order valence-corrected chi connectivity index (χ3v) is 2.95. The van der Waals surface area contributed by atoms with Crippen LogP contribution in [0.25, 0.3) is 0 Å². The molecule has 1 atom stereocenters. The van der Waals surface area contributed by atoms with Crippen molar-refractivity contribution in [3.8, 4) is 0 Å². The van der Waals surface area contributed by atoms with Gasteiger partial charge in [0.15, 0.2) is 0 Å². The third kappa shape index (κ3) is 10.1. The van der Waals surface area contributed by atoms with Crippen molar-refractivity contribution in [3.05, 3.63) is 0 Å². The summed E-state index contributed by atoms with van der Waals surface area (Å²) in [6.07, 6.45) is 1.55. The zero-order valence-corrected chi connectivity index (χ0v) is 11.2. The topological polar surface area (TPSA) is 75.6 Å². The standard InChI is InChI=1S/C11H21NO4S/c1-3-4-6-16-9(2)11(15)12-5-7-17-8-10(13)14/h9H,3-8H2,1-2H3,(H,12,15)(H,13,14). The first kappa shape index (κ1) is 16.2. The molecule has 0 heterocycles. The number of unbranched alkanes of at least 4 members (excludes halogenated alkanes) is 1. The molecule has 0 saturated heterocycles. The van der Waals surface area contributed by atoms with Gasteiger partial charge in [0.25, 0.3) is 0 Å². The van der Waals surface area contributed by atoms with Crippen LogP contribution in [0.3, 0.4) is 0 Å². The highest BCUT2D eigenvalue weighted by Crippen LogP contribution is 1.98. The van der Waals surface area contributed by atoms with Crippen molar-refractivity contribution >= 4 is 23.6 Å². The largest absolute Gasteiger partial charge is 0.481 e. The molecule has 5 nitrogen and oxygen atoms in total. The van der Waals surface area contributed by atoms with Crippen LogP contribution in [-0.2, 0) is 14.3 Å². The van der Waals surface area contributed by atoms with Crippen molar-refractivity contribution in [1.82, 2.24) is 5.32 Å². The van der Waals surface area contributed by atoms with Crippen LogP contribution in [0.4, 0.5) is 0 Å². The summed E-state index contributed by atoms with van der Waals surface area (Å²) < 4.78 is 5.33. The molecule has 0 aliphatic carbocycles. The van der Waals surface area contributed by atoms with Gasteiger partial charge in [0.2, 0.25) is 5.91 Å². The molecule has 0 bridgehead atoms. The first-order valence-electron chi connectivity index (χ1n) is 5.76. The average molecular weight is 263 g/mol. The molecule has 0 aromatic heterocycles. The van der Waals surface area contributed by atoms with Gasteiger partial charge in [-0.25, -0.2) is 0 Å². The predicted molar refractivity (Wildman–Crippen MR) is 68.3 cm³/mol. The van der Waals surface area contributed by atoms with Crippen molar-refractivity contribution < 1.29 is 19.4 Å². The SMILES string of the molecule is CCCCOC(C)C(=O)NCCSCC(=O)O. The number of hydrogen-bond donors (Lipinski definition) is 2. The predicted octanol–water partition coefficient (Wildman–Crippen LogP) is 1.13. The lowest BCUT2D eigenvalue weighted by atomic mass is 10.3. The number of carbonyl (C=O) groups excluding carboxylic acids is 1. The van der Waals surface area contributed by atoms with Gasteiger partial charge in [0, 0.05) is 18.9 Å². The van der Waals surface area contributed by atoms with Crippen LogP contribution < -0.4 is 5.32 Å². The molecule has 2 N–H and O–H groups in total. The molecule has 1 unspecified atom stereocenters. The molecular weight excluding hydrogens is 242 g/mol. The molecule has 0 aromatic carbocycles.